The highest BCUT2D eigenvalue weighted by Crippen LogP contribution is 2.31. The van der Waals surface area contributed by atoms with Gasteiger partial charge in [0.05, 0.1) is 25.5 Å². The van der Waals surface area contributed by atoms with Crippen LogP contribution in [0.3, 0.4) is 0 Å². The third-order valence-corrected chi connectivity index (χ3v) is 4.98. The van der Waals surface area contributed by atoms with E-state index in [1.165, 1.54) is 0 Å². The number of aliphatic imine (C=N–C) groups is 1. The molecule has 3 aromatic rings. The molecule has 0 N–H and O–H groups in total. The minimum atomic E-state index is -0.527. The van der Waals surface area contributed by atoms with Gasteiger partial charge in [0.25, 0.3) is 0 Å². The molecule has 2 aromatic carbocycles. The van der Waals surface area contributed by atoms with Gasteiger partial charge >= 0.3 is 5.97 Å². The Labute approximate surface area is 185 Å². The summed E-state index contributed by atoms with van der Waals surface area (Å²) in [4.78, 5) is 16.7. The summed E-state index contributed by atoms with van der Waals surface area (Å²) in [6.45, 7) is 4.01. The zero-order valence-electron chi connectivity index (χ0n) is 18.2. The molecule has 0 saturated heterocycles. The van der Waals surface area contributed by atoms with Gasteiger partial charge in [-0.1, -0.05) is 17.3 Å². The molecule has 164 valence electrons. The maximum atomic E-state index is 12.3. The van der Waals surface area contributed by atoms with Gasteiger partial charge in [0.15, 0.2) is 17.2 Å². The van der Waals surface area contributed by atoms with Gasteiger partial charge in [-0.2, -0.15) is 0 Å². The van der Waals surface area contributed by atoms with Crippen molar-refractivity contribution in [3.63, 3.8) is 0 Å². The first-order chi connectivity index (χ1) is 15.5. The molecule has 1 aliphatic rings. The molecule has 0 unspecified atom stereocenters. The van der Waals surface area contributed by atoms with Gasteiger partial charge in [-0.3, -0.25) is 0 Å². The van der Waals surface area contributed by atoms with Crippen LogP contribution in [0.15, 0.2) is 57.7 Å². The average Bonchev–Trinajstić information content (AvgIpc) is 3.34. The van der Waals surface area contributed by atoms with Gasteiger partial charge < -0.3 is 23.5 Å². The number of esters is 1. The van der Waals surface area contributed by atoms with Crippen LogP contribution < -0.4 is 14.2 Å². The Hall–Kier alpha value is -4.07. The number of nitrogens with zero attached hydrogens (tertiary/aromatic N) is 2. The molecule has 1 aliphatic heterocycles. The molecule has 4 rings (SSSR count). The number of aromatic nitrogens is 1. The summed E-state index contributed by atoms with van der Waals surface area (Å²) in [5, 5.41) is 3.93. The van der Waals surface area contributed by atoms with Crippen molar-refractivity contribution < 1.29 is 28.3 Å². The van der Waals surface area contributed by atoms with Crippen LogP contribution in [0.2, 0.25) is 0 Å². The predicted octanol–water partition coefficient (Wildman–Crippen LogP) is 4.23. The minimum Gasteiger partial charge on any atom is -0.497 e. The first-order valence-electron chi connectivity index (χ1n) is 9.88. The van der Waals surface area contributed by atoms with Crippen LogP contribution in [0.25, 0.3) is 6.08 Å². The SMILES string of the molecule is COc1cccc(C2=NC(=Cc3ccc(OCc4c(C)noc4C)c(OC)c3)C(=O)O2)c1. The van der Waals surface area contributed by atoms with Crippen LogP contribution in [0.5, 0.6) is 17.2 Å². The lowest BCUT2D eigenvalue weighted by atomic mass is 10.1. The smallest absolute Gasteiger partial charge is 0.363 e. The molecule has 2 heterocycles. The first kappa shape index (κ1) is 21.2. The molecule has 32 heavy (non-hydrogen) atoms. The molecule has 0 fully saturated rings. The highest BCUT2D eigenvalue weighted by atomic mass is 16.6. The second kappa shape index (κ2) is 8.97. The molecule has 0 amide bonds. The number of carbonyl (C=O) groups excluding carboxylic acids is 1. The Morgan fingerprint density at radius 2 is 1.88 bits per heavy atom. The molecule has 1 aromatic heterocycles. The summed E-state index contributed by atoms with van der Waals surface area (Å²) < 4.78 is 27.1. The third kappa shape index (κ3) is 4.34. The second-order valence-corrected chi connectivity index (χ2v) is 7.07. The zero-order chi connectivity index (χ0) is 22.7. The predicted molar refractivity (Wildman–Crippen MR) is 117 cm³/mol. The maximum absolute atomic E-state index is 12.3. The molecule has 8 nitrogen and oxygen atoms in total. The number of hydrogen-bond acceptors (Lipinski definition) is 8. The minimum absolute atomic E-state index is 0.189. The van der Waals surface area contributed by atoms with Crippen LogP contribution in [-0.4, -0.2) is 31.2 Å². The van der Waals surface area contributed by atoms with Crippen molar-refractivity contribution in [3.8, 4) is 17.2 Å². The fourth-order valence-electron chi connectivity index (χ4n) is 3.20. The van der Waals surface area contributed by atoms with Crippen LogP contribution in [0.4, 0.5) is 0 Å². The lowest BCUT2D eigenvalue weighted by Gasteiger charge is -2.11. The molecule has 0 radical (unpaired) electrons. The number of hydrogen-bond donors (Lipinski definition) is 0. The van der Waals surface area contributed by atoms with Crippen molar-refractivity contribution in [3.05, 3.63) is 76.3 Å². The van der Waals surface area contributed by atoms with Crippen LogP contribution in [-0.2, 0) is 16.1 Å². The number of ether oxygens (including phenoxy) is 4. The molecule has 8 heteroatoms. The van der Waals surface area contributed by atoms with E-state index in [9.17, 15) is 4.79 Å². The fraction of sp³-hybridized carbons (Fsp3) is 0.208. The molecular weight excluding hydrogens is 412 g/mol. The third-order valence-electron chi connectivity index (χ3n) is 4.98. The lowest BCUT2D eigenvalue weighted by molar-refractivity contribution is -0.129. The van der Waals surface area contributed by atoms with Gasteiger partial charge in [0.1, 0.15) is 18.1 Å². The molecule has 0 saturated carbocycles. The van der Waals surface area contributed by atoms with E-state index in [-0.39, 0.29) is 11.6 Å². The number of rotatable bonds is 7. The van der Waals surface area contributed by atoms with E-state index < -0.39 is 5.97 Å². The molecule has 0 bridgehead atoms. The molecule has 0 aliphatic carbocycles. The summed E-state index contributed by atoms with van der Waals surface area (Å²) in [5.74, 6) is 2.15. The highest BCUT2D eigenvalue weighted by molar-refractivity contribution is 6.13. The fourth-order valence-corrected chi connectivity index (χ4v) is 3.20. The van der Waals surface area contributed by atoms with Crippen molar-refractivity contribution >= 4 is 17.9 Å². The van der Waals surface area contributed by atoms with E-state index in [0.717, 1.165) is 11.3 Å². The van der Waals surface area contributed by atoms with Crippen molar-refractivity contribution in [2.45, 2.75) is 20.5 Å². The Bertz CT molecular complexity index is 1210. The quantitative estimate of drug-likeness (QED) is 0.406. The number of benzene rings is 2. The number of methoxy groups -OCH3 is 2. The first-order valence-corrected chi connectivity index (χ1v) is 9.88. The maximum Gasteiger partial charge on any atom is 0.363 e. The van der Waals surface area contributed by atoms with E-state index in [1.807, 2.05) is 19.9 Å². The van der Waals surface area contributed by atoms with Crippen LogP contribution >= 0.6 is 0 Å². The van der Waals surface area contributed by atoms with Gasteiger partial charge in [0.2, 0.25) is 5.90 Å². The summed E-state index contributed by atoms with van der Waals surface area (Å²) >= 11 is 0. The Kier molecular flexibility index (Phi) is 5.93. The molecule has 0 spiro atoms. The zero-order valence-corrected chi connectivity index (χ0v) is 18.2. The van der Waals surface area contributed by atoms with E-state index >= 15 is 0 Å². The largest absolute Gasteiger partial charge is 0.497 e. The number of aryl methyl sites for hydroxylation is 2. The monoisotopic (exact) mass is 434 g/mol. The summed E-state index contributed by atoms with van der Waals surface area (Å²) in [6.07, 6.45) is 1.64. The van der Waals surface area contributed by atoms with Gasteiger partial charge in [-0.15, -0.1) is 0 Å². The van der Waals surface area contributed by atoms with Crippen molar-refractivity contribution in [2.24, 2.45) is 4.99 Å². The van der Waals surface area contributed by atoms with Crippen molar-refractivity contribution in [2.75, 3.05) is 14.2 Å². The van der Waals surface area contributed by atoms with E-state index in [2.05, 4.69) is 10.1 Å². The molecule has 0 atom stereocenters. The normalized spacial score (nSPS) is 14.3. The Morgan fingerprint density at radius 1 is 1.03 bits per heavy atom. The highest BCUT2D eigenvalue weighted by Gasteiger charge is 2.24. The van der Waals surface area contributed by atoms with Gasteiger partial charge in [0, 0.05) is 5.56 Å². The van der Waals surface area contributed by atoms with Gasteiger partial charge in [-0.05, 0) is 55.8 Å². The standard InChI is InChI=1S/C24H22N2O6/c1-14-19(15(2)32-26-14)13-30-21-9-8-16(11-22(21)29-4)10-20-24(27)31-23(25-20)17-6-5-7-18(12-17)28-3/h5-12H,13H2,1-4H3. The number of carbonyl (C=O) groups is 1. The molecular formula is C24H22N2O6. The van der Waals surface area contributed by atoms with Crippen molar-refractivity contribution in [1.82, 2.24) is 5.16 Å². The van der Waals surface area contributed by atoms with E-state index in [0.29, 0.717) is 40.7 Å². The second-order valence-electron chi connectivity index (χ2n) is 7.07. The van der Waals surface area contributed by atoms with Crippen LogP contribution in [0, 0.1) is 13.8 Å². The van der Waals surface area contributed by atoms with E-state index in [1.54, 1.807) is 56.7 Å². The van der Waals surface area contributed by atoms with Crippen molar-refractivity contribution in [1.29, 1.82) is 0 Å². The Balaban J connectivity index is 1.55. The summed E-state index contributed by atoms with van der Waals surface area (Å²) in [5.41, 5.74) is 3.24. The average molecular weight is 434 g/mol. The van der Waals surface area contributed by atoms with E-state index in [4.69, 9.17) is 23.5 Å². The van der Waals surface area contributed by atoms with Crippen LogP contribution in [0.1, 0.15) is 28.1 Å². The number of cyclic esters (lactones) is 1. The van der Waals surface area contributed by atoms with Gasteiger partial charge in [-0.25, -0.2) is 9.79 Å². The summed E-state index contributed by atoms with van der Waals surface area (Å²) in [7, 11) is 3.12. The topological polar surface area (TPSA) is 92.4 Å². The Morgan fingerprint density at radius 3 is 2.59 bits per heavy atom. The lowest BCUT2D eigenvalue weighted by Crippen LogP contribution is -2.05. The summed E-state index contributed by atoms with van der Waals surface area (Å²) in [6, 6.07) is 12.5.